The van der Waals surface area contributed by atoms with E-state index in [1.54, 1.807) is 7.11 Å². The van der Waals surface area contributed by atoms with Crippen molar-refractivity contribution in [2.24, 2.45) is 0 Å². The number of hydrogen-bond donors (Lipinski definition) is 3. The van der Waals surface area contributed by atoms with E-state index < -0.39 is 0 Å². The van der Waals surface area contributed by atoms with Gasteiger partial charge in [0.25, 0.3) is 0 Å². The van der Waals surface area contributed by atoms with E-state index in [0.717, 1.165) is 41.5 Å². The lowest BCUT2D eigenvalue weighted by Crippen LogP contribution is -2.08. The molecule has 1 heterocycles. The summed E-state index contributed by atoms with van der Waals surface area (Å²) in [6, 6.07) is 17.2. The fourth-order valence-electron chi connectivity index (χ4n) is 2.75. The monoisotopic (exact) mass is 377 g/mol. The van der Waals surface area contributed by atoms with Crippen molar-refractivity contribution in [3.63, 3.8) is 0 Å². The van der Waals surface area contributed by atoms with Crippen molar-refractivity contribution in [1.82, 2.24) is 9.97 Å². The Hall–Kier alpha value is -3.61. The van der Waals surface area contributed by atoms with Crippen LogP contribution < -0.4 is 20.7 Å². The van der Waals surface area contributed by atoms with Crippen LogP contribution in [-0.4, -0.2) is 29.5 Å². The summed E-state index contributed by atoms with van der Waals surface area (Å²) in [4.78, 5) is 19.6. The maximum Gasteiger partial charge on any atom is 0.221 e. The Labute approximate surface area is 164 Å². The van der Waals surface area contributed by atoms with Crippen LogP contribution in [0.3, 0.4) is 0 Å². The molecule has 0 aliphatic carbocycles. The molecule has 7 nitrogen and oxygen atoms in total. The third-order valence-electron chi connectivity index (χ3n) is 4.04. The van der Waals surface area contributed by atoms with E-state index in [4.69, 9.17) is 4.74 Å². The zero-order valence-electron chi connectivity index (χ0n) is 15.9. The molecule has 3 N–H and O–H groups in total. The minimum absolute atomic E-state index is 0.0969. The van der Waals surface area contributed by atoms with Crippen molar-refractivity contribution in [2.45, 2.75) is 13.3 Å². The van der Waals surface area contributed by atoms with E-state index in [2.05, 4.69) is 32.0 Å². The van der Waals surface area contributed by atoms with Gasteiger partial charge in [-0.05, 0) is 42.3 Å². The summed E-state index contributed by atoms with van der Waals surface area (Å²) >= 11 is 0. The molecule has 0 fully saturated rings. The molecule has 0 atom stereocenters. The largest absolute Gasteiger partial charge is 0.496 e. The van der Waals surface area contributed by atoms with E-state index in [1.165, 1.54) is 13.3 Å². The van der Waals surface area contributed by atoms with E-state index in [9.17, 15) is 4.79 Å². The summed E-state index contributed by atoms with van der Waals surface area (Å²) in [5.74, 6) is 2.21. The molecule has 2 aromatic carbocycles. The molecular formula is C21H23N5O2. The number of benzene rings is 2. The molecule has 1 amide bonds. The van der Waals surface area contributed by atoms with Gasteiger partial charge in [-0.3, -0.25) is 4.79 Å². The number of carbonyl (C=O) groups excluding carboxylic acids is 1. The number of carbonyl (C=O) groups is 1. The molecule has 28 heavy (non-hydrogen) atoms. The van der Waals surface area contributed by atoms with Gasteiger partial charge in [0.05, 0.1) is 7.11 Å². The van der Waals surface area contributed by atoms with Crippen molar-refractivity contribution >= 4 is 28.9 Å². The predicted molar refractivity (Wildman–Crippen MR) is 111 cm³/mol. The number of nitrogens with zero attached hydrogens (tertiary/aromatic N) is 2. The van der Waals surface area contributed by atoms with Gasteiger partial charge in [-0.1, -0.05) is 18.2 Å². The van der Waals surface area contributed by atoms with Crippen LogP contribution in [0.2, 0.25) is 0 Å². The molecule has 1 aromatic heterocycles. The zero-order chi connectivity index (χ0) is 19.8. The van der Waals surface area contributed by atoms with Gasteiger partial charge in [0.15, 0.2) is 0 Å². The lowest BCUT2D eigenvalue weighted by Gasteiger charge is -2.11. The van der Waals surface area contributed by atoms with Gasteiger partial charge in [0, 0.05) is 30.9 Å². The Bertz CT molecular complexity index is 928. The van der Waals surface area contributed by atoms with Gasteiger partial charge in [-0.25, -0.2) is 9.97 Å². The smallest absolute Gasteiger partial charge is 0.221 e. The second kappa shape index (κ2) is 9.36. The van der Waals surface area contributed by atoms with Crippen molar-refractivity contribution in [3.8, 4) is 5.75 Å². The Morgan fingerprint density at radius 1 is 1.00 bits per heavy atom. The molecule has 0 aliphatic heterocycles. The molecule has 0 radical (unpaired) electrons. The molecular weight excluding hydrogens is 354 g/mol. The number of aromatic nitrogens is 2. The van der Waals surface area contributed by atoms with Crippen molar-refractivity contribution in [1.29, 1.82) is 0 Å². The summed E-state index contributed by atoms with van der Waals surface area (Å²) in [6.45, 7) is 2.21. The number of para-hydroxylation sites is 1. The van der Waals surface area contributed by atoms with E-state index in [-0.39, 0.29) is 5.91 Å². The third-order valence-corrected chi connectivity index (χ3v) is 4.04. The normalized spacial score (nSPS) is 10.2. The van der Waals surface area contributed by atoms with Crippen LogP contribution in [0.5, 0.6) is 5.75 Å². The molecule has 7 heteroatoms. The highest BCUT2D eigenvalue weighted by molar-refractivity contribution is 5.88. The standard InChI is InChI=1S/C21H23N5O2/c1-15(27)25-17-7-9-18(10-8-17)26-21-13-20(23-14-24-21)22-12-11-16-5-3-4-6-19(16)28-2/h3-10,13-14H,11-12H2,1-2H3,(H,25,27)(H2,22,23,24,26). The van der Waals surface area contributed by atoms with Crippen molar-refractivity contribution in [2.75, 3.05) is 29.6 Å². The maximum absolute atomic E-state index is 11.1. The summed E-state index contributed by atoms with van der Waals surface area (Å²) in [5, 5.41) is 9.27. The number of amides is 1. The number of rotatable bonds is 8. The fourth-order valence-corrected chi connectivity index (χ4v) is 2.75. The minimum atomic E-state index is -0.0969. The van der Waals surface area contributed by atoms with Crippen LogP contribution in [-0.2, 0) is 11.2 Å². The second-order valence-electron chi connectivity index (χ2n) is 6.16. The van der Waals surface area contributed by atoms with E-state index >= 15 is 0 Å². The Morgan fingerprint density at radius 3 is 2.46 bits per heavy atom. The summed E-state index contributed by atoms with van der Waals surface area (Å²) in [7, 11) is 1.68. The Morgan fingerprint density at radius 2 is 1.71 bits per heavy atom. The van der Waals surface area contributed by atoms with Crippen LogP contribution in [0.15, 0.2) is 60.9 Å². The highest BCUT2D eigenvalue weighted by Crippen LogP contribution is 2.20. The number of hydrogen-bond acceptors (Lipinski definition) is 6. The van der Waals surface area contributed by atoms with Gasteiger partial charge in [0.2, 0.25) is 5.91 Å². The first-order chi connectivity index (χ1) is 13.6. The van der Waals surface area contributed by atoms with Crippen LogP contribution in [0.1, 0.15) is 12.5 Å². The van der Waals surface area contributed by atoms with Gasteiger partial charge in [0.1, 0.15) is 23.7 Å². The van der Waals surface area contributed by atoms with Gasteiger partial charge >= 0.3 is 0 Å². The number of methoxy groups -OCH3 is 1. The van der Waals surface area contributed by atoms with E-state index in [1.807, 2.05) is 48.5 Å². The lowest BCUT2D eigenvalue weighted by atomic mass is 10.1. The molecule has 0 aliphatic rings. The van der Waals surface area contributed by atoms with Crippen molar-refractivity contribution in [3.05, 3.63) is 66.5 Å². The minimum Gasteiger partial charge on any atom is -0.496 e. The topological polar surface area (TPSA) is 88.2 Å². The summed E-state index contributed by atoms with van der Waals surface area (Å²) in [6.07, 6.45) is 2.33. The quantitative estimate of drug-likeness (QED) is 0.553. The molecule has 0 spiro atoms. The second-order valence-corrected chi connectivity index (χ2v) is 6.16. The molecule has 0 bridgehead atoms. The summed E-state index contributed by atoms with van der Waals surface area (Å²) in [5.41, 5.74) is 2.76. The van der Waals surface area contributed by atoms with Crippen molar-refractivity contribution < 1.29 is 9.53 Å². The molecule has 3 aromatic rings. The van der Waals surface area contributed by atoms with Gasteiger partial charge in [-0.15, -0.1) is 0 Å². The highest BCUT2D eigenvalue weighted by Gasteiger charge is 2.03. The number of anilines is 4. The first-order valence-electron chi connectivity index (χ1n) is 8.96. The molecule has 144 valence electrons. The SMILES string of the molecule is COc1ccccc1CCNc1cc(Nc2ccc(NC(C)=O)cc2)ncn1. The van der Waals surface area contributed by atoms with E-state index in [0.29, 0.717) is 5.82 Å². The van der Waals surface area contributed by atoms with Crippen LogP contribution >= 0.6 is 0 Å². The first-order valence-corrected chi connectivity index (χ1v) is 8.96. The first kappa shape index (κ1) is 19.2. The molecule has 0 saturated heterocycles. The number of ether oxygens (including phenoxy) is 1. The number of nitrogens with one attached hydrogen (secondary N) is 3. The summed E-state index contributed by atoms with van der Waals surface area (Å²) < 4.78 is 5.38. The van der Waals surface area contributed by atoms with Crippen LogP contribution in [0.25, 0.3) is 0 Å². The lowest BCUT2D eigenvalue weighted by molar-refractivity contribution is -0.114. The molecule has 3 rings (SSSR count). The Balaban J connectivity index is 1.57. The zero-order valence-corrected chi connectivity index (χ0v) is 15.9. The molecule has 0 unspecified atom stereocenters. The fraction of sp³-hybridized carbons (Fsp3) is 0.190. The van der Waals surface area contributed by atoms with Gasteiger partial charge in [-0.2, -0.15) is 0 Å². The molecule has 0 saturated carbocycles. The van der Waals surface area contributed by atoms with Crippen LogP contribution in [0.4, 0.5) is 23.0 Å². The third kappa shape index (κ3) is 5.44. The van der Waals surface area contributed by atoms with Crippen LogP contribution in [0, 0.1) is 0 Å². The predicted octanol–water partition coefficient (Wildman–Crippen LogP) is 3.84. The Kier molecular flexibility index (Phi) is 6.41. The highest BCUT2D eigenvalue weighted by atomic mass is 16.5. The average molecular weight is 377 g/mol. The van der Waals surface area contributed by atoms with Gasteiger partial charge < -0.3 is 20.7 Å². The maximum atomic E-state index is 11.1. The average Bonchev–Trinajstić information content (AvgIpc) is 2.70.